The molecule has 2 aliphatic rings. The van der Waals surface area contributed by atoms with Gasteiger partial charge in [-0.3, -0.25) is 0 Å². The van der Waals surface area contributed by atoms with Crippen LogP contribution in [-0.4, -0.2) is 42.0 Å². The van der Waals surface area contributed by atoms with Crippen LogP contribution in [0.15, 0.2) is 12.1 Å². The van der Waals surface area contributed by atoms with Crippen LogP contribution in [-0.2, 0) is 17.7 Å². The third kappa shape index (κ3) is 4.99. The summed E-state index contributed by atoms with van der Waals surface area (Å²) in [5, 5.41) is 0. The fourth-order valence-corrected chi connectivity index (χ4v) is 3.82. The van der Waals surface area contributed by atoms with E-state index in [2.05, 4.69) is 4.57 Å². The van der Waals surface area contributed by atoms with E-state index in [4.69, 9.17) is 24.9 Å². The Labute approximate surface area is 172 Å². The van der Waals surface area contributed by atoms with E-state index in [1.54, 1.807) is 0 Å². The Hall–Kier alpha value is -1.21. The maximum Gasteiger partial charge on any atom is 0.163 e. The second-order valence-electron chi connectivity index (χ2n) is 6.83. The number of nitrogens with zero attached hydrogens (tertiary/aromatic N) is 2. The second-order valence-corrected chi connectivity index (χ2v) is 6.83. The first kappa shape index (κ1) is 22.1. The third-order valence-corrected chi connectivity index (χ3v) is 5.08. The highest BCUT2D eigenvalue weighted by Crippen LogP contribution is 2.35. The van der Waals surface area contributed by atoms with E-state index >= 15 is 0 Å². The van der Waals surface area contributed by atoms with Crippen LogP contribution in [0.2, 0.25) is 0 Å². The summed E-state index contributed by atoms with van der Waals surface area (Å²) in [6, 6.07) is 4.01. The molecule has 0 spiro atoms. The van der Waals surface area contributed by atoms with Crippen LogP contribution in [0.25, 0.3) is 11.0 Å². The monoisotopic (exact) mass is 417 g/mol. The highest BCUT2D eigenvalue weighted by atomic mass is 35.5. The van der Waals surface area contributed by atoms with Gasteiger partial charge in [-0.25, -0.2) is 4.98 Å². The largest absolute Gasteiger partial charge is 0.486 e. The molecule has 2 aromatic rings. The average molecular weight is 418 g/mol. The number of fused-ring (bicyclic) bond motifs is 2. The van der Waals surface area contributed by atoms with E-state index in [0.29, 0.717) is 32.5 Å². The van der Waals surface area contributed by atoms with Gasteiger partial charge in [0, 0.05) is 25.1 Å². The van der Waals surface area contributed by atoms with Crippen LogP contribution in [0.1, 0.15) is 37.9 Å². The number of hydrogen-bond acceptors (Lipinski definition) is 5. The normalized spacial score (nSPS) is 16.6. The van der Waals surface area contributed by atoms with E-state index < -0.39 is 0 Å². The van der Waals surface area contributed by atoms with Crippen LogP contribution in [0.4, 0.5) is 0 Å². The molecule has 4 rings (SSSR count). The van der Waals surface area contributed by atoms with Crippen molar-refractivity contribution in [1.29, 1.82) is 0 Å². The van der Waals surface area contributed by atoms with Gasteiger partial charge in [0.15, 0.2) is 11.5 Å². The predicted molar refractivity (Wildman–Crippen MR) is 111 cm³/mol. The van der Waals surface area contributed by atoms with Gasteiger partial charge in [0.2, 0.25) is 0 Å². The molecule has 0 unspecified atom stereocenters. The van der Waals surface area contributed by atoms with E-state index in [9.17, 15) is 0 Å². The number of imidazole rings is 1. The van der Waals surface area contributed by atoms with Gasteiger partial charge in [-0.15, -0.1) is 24.8 Å². The van der Waals surface area contributed by atoms with Crippen LogP contribution >= 0.6 is 24.8 Å². The molecule has 152 valence electrons. The zero-order chi connectivity index (χ0) is 17.1. The van der Waals surface area contributed by atoms with Gasteiger partial charge >= 0.3 is 0 Å². The van der Waals surface area contributed by atoms with Gasteiger partial charge in [-0.05, 0) is 19.4 Å². The molecule has 0 atom stereocenters. The quantitative estimate of drug-likeness (QED) is 0.778. The zero-order valence-electron chi connectivity index (χ0n) is 15.5. The van der Waals surface area contributed by atoms with Gasteiger partial charge in [0.25, 0.3) is 0 Å². The summed E-state index contributed by atoms with van der Waals surface area (Å²) in [4.78, 5) is 4.77. The van der Waals surface area contributed by atoms with Crippen LogP contribution in [0.3, 0.4) is 0 Å². The van der Waals surface area contributed by atoms with Gasteiger partial charge in [-0.1, -0.05) is 19.3 Å². The first-order valence-corrected chi connectivity index (χ1v) is 9.45. The summed E-state index contributed by atoms with van der Waals surface area (Å²) in [7, 11) is 0. The average Bonchev–Trinajstić information content (AvgIpc) is 2.97. The molecule has 1 aliphatic carbocycles. The molecule has 8 heteroatoms. The molecule has 27 heavy (non-hydrogen) atoms. The minimum absolute atomic E-state index is 0. The number of ether oxygens (including phenoxy) is 3. The van der Waals surface area contributed by atoms with Gasteiger partial charge in [0.05, 0.1) is 23.7 Å². The zero-order valence-corrected chi connectivity index (χ0v) is 17.2. The minimum Gasteiger partial charge on any atom is -0.486 e. The lowest BCUT2D eigenvalue weighted by Gasteiger charge is -2.22. The molecule has 1 fully saturated rings. The Morgan fingerprint density at radius 1 is 1.07 bits per heavy atom. The lowest BCUT2D eigenvalue weighted by Crippen LogP contribution is -2.20. The van der Waals surface area contributed by atoms with Crippen molar-refractivity contribution in [3.63, 3.8) is 0 Å². The molecular formula is C19H29Cl2N3O3. The predicted octanol–water partition coefficient (Wildman–Crippen LogP) is 3.50. The topological polar surface area (TPSA) is 71.5 Å². The van der Waals surface area contributed by atoms with Crippen molar-refractivity contribution < 1.29 is 14.2 Å². The molecule has 2 N–H and O–H groups in total. The second kappa shape index (κ2) is 10.4. The summed E-state index contributed by atoms with van der Waals surface area (Å²) >= 11 is 0. The number of nitrogens with two attached hydrogens (primary N) is 1. The van der Waals surface area contributed by atoms with Crippen molar-refractivity contribution in [3.8, 4) is 11.5 Å². The van der Waals surface area contributed by atoms with Crippen LogP contribution in [0.5, 0.6) is 11.5 Å². The van der Waals surface area contributed by atoms with Crippen molar-refractivity contribution in [2.75, 3.05) is 26.4 Å². The maximum absolute atomic E-state index is 6.12. The summed E-state index contributed by atoms with van der Waals surface area (Å²) in [6.07, 6.45) is 7.50. The van der Waals surface area contributed by atoms with E-state index in [1.807, 2.05) is 12.1 Å². The molecule has 6 nitrogen and oxygen atoms in total. The molecule has 1 aromatic heterocycles. The lowest BCUT2D eigenvalue weighted by atomic mass is 9.98. The Bertz CT molecular complexity index is 733. The number of halogens is 2. The van der Waals surface area contributed by atoms with Gasteiger partial charge in [-0.2, -0.15) is 0 Å². The number of aromatic nitrogens is 2. The Kier molecular flexibility index (Phi) is 8.48. The molecular weight excluding hydrogens is 389 g/mol. The molecule has 0 amide bonds. The molecule has 0 radical (unpaired) electrons. The highest BCUT2D eigenvalue weighted by molar-refractivity contribution is 5.85. The highest BCUT2D eigenvalue weighted by Gasteiger charge is 2.19. The maximum atomic E-state index is 6.12. The van der Waals surface area contributed by atoms with Crippen molar-refractivity contribution in [2.24, 2.45) is 5.73 Å². The molecule has 0 saturated heterocycles. The van der Waals surface area contributed by atoms with E-state index in [0.717, 1.165) is 41.3 Å². The smallest absolute Gasteiger partial charge is 0.163 e. The number of rotatable bonds is 6. The third-order valence-electron chi connectivity index (χ3n) is 5.08. The fourth-order valence-electron chi connectivity index (χ4n) is 3.82. The fraction of sp³-hybridized carbons (Fsp3) is 0.632. The van der Waals surface area contributed by atoms with Crippen molar-refractivity contribution in [1.82, 2.24) is 9.55 Å². The molecule has 1 aliphatic heterocycles. The first-order chi connectivity index (χ1) is 12.3. The van der Waals surface area contributed by atoms with Crippen LogP contribution < -0.4 is 15.2 Å². The molecule has 0 bridgehead atoms. The first-order valence-electron chi connectivity index (χ1n) is 9.45. The summed E-state index contributed by atoms with van der Waals surface area (Å²) < 4.78 is 19.8. The molecule has 1 aromatic carbocycles. The van der Waals surface area contributed by atoms with Crippen molar-refractivity contribution in [3.05, 3.63) is 18.0 Å². The number of benzene rings is 1. The minimum atomic E-state index is 0. The van der Waals surface area contributed by atoms with Gasteiger partial charge < -0.3 is 24.5 Å². The summed E-state index contributed by atoms with van der Waals surface area (Å²) in [5.41, 5.74) is 7.79. The van der Waals surface area contributed by atoms with Crippen molar-refractivity contribution in [2.45, 2.75) is 51.2 Å². The van der Waals surface area contributed by atoms with Crippen LogP contribution in [0, 0.1) is 0 Å². The lowest BCUT2D eigenvalue weighted by molar-refractivity contribution is 0.0242. The standard InChI is InChI=1S/C19H27N3O3.2ClH/c20-7-6-19-21-15-12-17-18(25-11-10-24-17)13-16(15)22(19)8-9-23-14-4-2-1-3-5-14;;/h12-14H,1-11,20H2;2*1H. The summed E-state index contributed by atoms with van der Waals surface area (Å²) in [6.45, 7) is 3.26. The molecule has 1 saturated carbocycles. The van der Waals surface area contributed by atoms with E-state index in [1.165, 1.54) is 32.1 Å². The van der Waals surface area contributed by atoms with E-state index in [-0.39, 0.29) is 24.8 Å². The SMILES string of the molecule is Cl.Cl.NCCc1nc2cc3c(cc2n1CCOC1CCCCC1)OCCO3. The summed E-state index contributed by atoms with van der Waals surface area (Å²) in [5.74, 6) is 2.58. The number of hydrogen-bond donors (Lipinski definition) is 1. The Morgan fingerprint density at radius 3 is 2.48 bits per heavy atom. The van der Waals surface area contributed by atoms with Crippen molar-refractivity contribution >= 4 is 35.8 Å². The Balaban J connectivity index is 0.00000131. The Morgan fingerprint density at radius 2 is 1.78 bits per heavy atom. The van der Waals surface area contributed by atoms with Gasteiger partial charge in [0.1, 0.15) is 19.0 Å². The molecule has 2 heterocycles.